The number of para-hydroxylation sites is 1. The van der Waals surface area contributed by atoms with Crippen molar-refractivity contribution in [3.05, 3.63) is 64.8 Å². The van der Waals surface area contributed by atoms with E-state index in [1.54, 1.807) is 18.4 Å². The molecule has 4 heteroatoms. The Labute approximate surface area is 146 Å². The first-order chi connectivity index (χ1) is 11.8. The molecule has 0 N–H and O–H groups in total. The molecular weight excluding hydrogens is 316 g/mol. The molecule has 0 radical (unpaired) electrons. The number of thiazole rings is 1. The van der Waals surface area contributed by atoms with Gasteiger partial charge < -0.3 is 9.30 Å². The summed E-state index contributed by atoms with van der Waals surface area (Å²) in [5, 5.41) is 2.19. The number of hydrogen-bond donors (Lipinski definition) is 0. The van der Waals surface area contributed by atoms with Gasteiger partial charge in [-0.15, -0.1) is 11.3 Å². The van der Waals surface area contributed by atoms with E-state index in [0.717, 1.165) is 35.6 Å². The average Bonchev–Trinajstić information content (AvgIpc) is 3.03. The van der Waals surface area contributed by atoms with Crippen molar-refractivity contribution in [3.8, 4) is 17.0 Å². The fourth-order valence-corrected chi connectivity index (χ4v) is 3.51. The van der Waals surface area contributed by atoms with Crippen LogP contribution in [-0.4, -0.2) is 11.7 Å². The lowest BCUT2D eigenvalue weighted by atomic mass is 10.1. The first-order valence-electron chi connectivity index (χ1n) is 8.24. The molecule has 0 unspecified atom stereocenters. The van der Waals surface area contributed by atoms with E-state index in [1.807, 2.05) is 42.5 Å². The first kappa shape index (κ1) is 16.5. The van der Waals surface area contributed by atoms with Gasteiger partial charge >= 0.3 is 0 Å². The van der Waals surface area contributed by atoms with Crippen molar-refractivity contribution in [1.82, 2.24) is 4.57 Å². The second-order valence-electron chi connectivity index (χ2n) is 5.58. The lowest BCUT2D eigenvalue weighted by molar-refractivity contribution is 0.415. The van der Waals surface area contributed by atoms with Crippen molar-refractivity contribution < 1.29 is 4.74 Å². The molecule has 0 aliphatic heterocycles. The Morgan fingerprint density at radius 3 is 2.46 bits per heavy atom. The normalized spacial score (nSPS) is 11.7. The van der Waals surface area contributed by atoms with Gasteiger partial charge in [-0.25, -0.2) is 4.99 Å². The summed E-state index contributed by atoms with van der Waals surface area (Å²) in [4.78, 5) is 5.87. The summed E-state index contributed by atoms with van der Waals surface area (Å²) < 4.78 is 7.58. The predicted octanol–water partition coefficient (Wildman–Crippen LogP) is 5.26. The van der Waals surface area contributed by atoms with E-state index in [0.29, 0.717) is 0 Å². The summed E-state index contributed by atoms with van der Waals surface area (Å²) in [7, 11) is 1.69. The Bertz CT molecular complexity index is 832. The predicted molar refractivity (Wildman–Crippen MR) is 101 cm³/mol. The highest BCUT2D eigenvalue weighted by molar-refractivity contribution is 7.07. The molecule has 0 saturated carbocycles. The lowest BCUT2D eigenvalue weighted by Crippen LogP contribution is -2.15. The molecule has 0 aliphatic rings. The number of methoxy groups -OCH3 is 1. The quantitative estimate of drug-likeness (QED) is 0.602. The highest BCUT2D eigenvalue weighted by Crippen LogP contribution is 2.24. The molecule has 3 nitrogen and oxygen atoms in total. The van der Waals surface area contributed by atoms with Gasteiger partial charge in [0.1, 0.15) is 5.75 Å². The van der Waals surface area contributed by atoms with Crippen molar-refractivity contribution in [2.24, 2.45) is 4.99 Å². The van der Waals surface area contributed by atoms with Crippen LogP contribution >= 0.6 is 11.3 Å². The largest absolute Gasteiger partial charge is 0.497 e. The minimum Gasteiger partial charge on any atom is -0.497 e. The van der Waals surface area contributed by atoms with Gasteiger partial charge in [0.15, 0.2) is 4.80 Å². The van der Waals surface area contributed by atoms with E-state index in [2.05, 4.69) is 29.0 Å². The van der Waals surface area contributed by atoms with E-state index < -0.39 is 0 Å². The minimum absolute atomic E-state index is 0.878. The van der Waals surface area contributed by atoms with E-state index >= 15 is 0 Å². The third-order valence-corrected chi connectivity index (χ3v) is 4.76. The molecule has 0 amide bonds. The first-order valence-corrected chi connectivity index (χ1v) is 9.12. The van der Waals surface area contributed by atoms with Gasteiger partial charge in [-0.05, 0) is 48.4 Å². The van der Waals surface area contributed by atoms with Gasteiger partial charge in [-0.3, -0.25) is 0 Å². The summed E-state index contributed by atoms with van der Waals surface area (Å²) in [5.74, 6) is 0.878. The third kappa shape index (κ3) is 3.77. The molecule has 124 valence electrons. The maximum Gasteiger partial charge on any atom is 0.190 e. The number of hydrogen-bond acceptors (Lipinski definition) is 3. The molecular formula is C20H22N2OS. The van der Waals surface area contributed by atoms with Crippen molar-refractivity contribution in [2.45, 2.75) is 26.3 Å². The number of nitrogens with zero attached hydrogens (tertiary/aromatic N) is 2. The molecule has 0 fully saturated rings. The van der Waals surface area contributed by atoms with E-state index in [9.17, 15) is 0 Å². The summed E-state index contributed by atoms with van der Waals surface area (Å²) in [5.41, 5.74) is 3.40. The monoisotopic (exact) mass is 338 g/mol. The maximum absolute atomic E-state index is 5.26. The fourth-order valence-electron chi connectivity index (χ4n) is 2.56. The van der Waals surface area contributed by atoms with Crippen LogP contribution in [0.2, 0.25) is 0 Å². The molecule has 0 atom stereocenters. The molecule has 2 aromatic carbocycles. The fraction of sp³-hybridized carbons (Fsp3) is 0.250. The van der Waals surface area contributed by atoms with Crippen LogP contribution in [0.3, 0.4) is 0 Å². The highest BCUT2D eigenvalue weighted by Gasteiger charge is 2.08. The lowest BCUT2D eigenvalue weighted by Gasteiger charge is -2.09. The smallest absolute Gasteiger partial charge is 0.190 e. The Kier molecular flexibility index (Phi) is 5.49. The highest BCUT2D eigenvalue weighted by atomic mass is 32.1. The van der Waals surface area contributed by atoms with Crippen molar-refractivity contribution in [2.75, 3.05) is 7.11 Å². The van der Waals surface area contributed by atoms with Crippen molar-refractivity contribution in [3.63, 3.8) is 0 Å². The molecule has 0 spiro atoms. The van der Waals surface area contributed by atoms with Crippen LogP contribution in [-0.2, 0) is 6.54 Å². The number of ether oxygens (including phenoxy) is 1. The molecule has 3 rings (SSSR count). The third-order valence-electron chi connectivity index (χ3n) is 3.90. The topological polar surface area (TPSA) is 26.5 Å². The Morgan fingerprint density at radius 2 is 1.79 bits per heavy atom. The number of rotatable bonds is 6. The van der Waals surface area contributed by atoms with Crippen LogP contribution in [0.15, 0.2) is 65.0 Å². The van der Waals surface area contributed by atoms with Gasteiger partial charge in [0, 0.05) is 11.9 Å². The average molecular weight is 338 g/mol. The SMILES string of the molecule is CCCCn1c(-c2ccc(OC)cc2)csc1=Nc1ccccc1. The zero-order valence-corrected chi connectivity index (χ0v) is 14.9. The van der Waals surface area contributed by atoms with Crippen molar-refractivity contribution in [1.29, 1.82) is 0 Å². The summed E-state index contributed by atoms with van der Waals surface area (Å²) in [6.07, 6.45) is 2.30. The second kappa shape index (κ2) is 7.97. The summed E-state index contributed by atoms with van der Waals surface area (Å²) >= 11 is 1.69. The van der Waals surface area contributed by atoms with E-state index in [-0.39, 0.29) is 0 Å². The molecule has 0 saturated heterocycles. The van der Waals surface area contributed by atoms with Gasteiger partial charge in [0.05, 0.1) is 18.5 Å². The van der Waals surface area contributed by atoms with Gasteiger partial charge in [-0.2, -0.15) is 0 Å². The summed E-state index contributed by atoms with van der Waals surface area (Å²) in [6.45, 7) is 3.20. The Hall–Kier alpha value is -2.33. The van der Waals surface area contributed by atoms with Crippen molar-refractivity contribution >= 4 is 17.0 Å². The van der Waals surface area contributed by atoms with Crippen LogP contribution in [0.1, 0.15) is 19.8 Å². The van der Waals surface area contributed by atoms with Crippen LogP contribution < -0.4 is 9.54 Å². The van der Waals surface area contributed by atoms with Gasteiger partial charge in [0.25, 0.3) is 0 Å². The molecule has 1 heterocycles. The summed E-state index contributed by atoms with van der Waals surface area (Å²) in [6, 6.07) is 18.4. The minimum atomic E-state index is 0.878. The zero-order valence-electron chi connectivity index (χ0n) is 14.1. The van der Waals surface area contributed by atoms with Crippen LogP contribution in [0.5, 0.6) is 5.75 Å². The van der Waals surface area contributed by atoms with E-state index in [1.165, 1.54) is 11.3 Å². The molecule has 3 aromatic rings. The maximum atomic E-state index is 5.26. The Morgan fingerprint density at radius 1 is 1.04 bits per heavy atom. The zero-order chi connectivity index (χ0) is 16.8. The van der Waals surface area contributed by atoms with Crippen LogP contribution in [0.25, 0.3) is 11.3 Å². The standard InChI is InChI=1S/C20H22N2OS/c1-3-4-14-22-19(16-10-12-18(23-2)13-11-16)15-24-20(22)21-17-8-6-5-7-9-17/h5-13,15H,3-4,14H2,1-2H3. The second-order valence-corrected chi connectivity index (χ2v) is 6.42. The number of benzene rings is 2. The Balaban J connectivity index is 2.04. The van der Waals surface area contributed by atoms with Crippen LogP contribution in [0.4, 0.5) is 5.69 Å². The molecule has 1 aromatic heterocycles. The van der Waals surface area contributed by atoms with E-state index in [4.69, 9.17) is 9.73 Å². The number of unbranched alkanes of at least 4 members (excludes halogenated alkanes) is 1. The van der Waals surface area contributed by atoms with Gasteiger partial charge in [-0.1, -0.05) is 31.5 Å². The van der Waals surface area contributed by atoms with Gasteiger partial charge in [0.2, 0.25) is 0 Å². The molecule has 0 aliphatic carbocycles. The number of aromatic nitrogens is 1. The van der Waals surface area contributed by atoms with Crippen LogP contribution in [0, 0.1) is 0 Å². The molecule has 24 heavy (non-hydrogen) atoms. The molecule has 0 bridgehead atoms.